The fraction of sp³-hybridized carbons (Fsp3) is 0.200. The summed E-state index contributed by atoms with van der Waals surface area (Å²) in [6.07, 6.45) is -0.112. The average Bonchev–Trinajstić information content (AvgIpc) is 2.71. The van der Waals surface area contributed by atoms with E-state index in [-0.39, 0.29) is 35.5 Å². The van der Waals surface area contributed by atoms with Gasteiger partial charge in [-0.05, 0) is 30.8 Å². The number of aliphatic hydroxyl groups excluding tert-OH is 1. The number of para-hydroxylation sites is 1. The van der Waals surface area contributed by atoms with Crippen molar-refractivity contribution in [3.05, 3.63) is 75.6 Å². The van der Waals surface area contributed by atoms with E-state index in [4.69, 9.17) is 0 Å². The topological polar surface area (TPSA) is 126 Å². The first-order valence-corrected chi connectivity index (χ1v) is 10.3. The molecular formula is C20H20N2O6S. The van der Waals surface area contributed by atoms with Crippen LogP contribution in [0.15, 0.2) is 58.2 Å². The number of nitrogens with one attached hydrogen (secondary N) is 1. The smallest absolute Gasteiger partial charge is 0.341 e. The van der Waals surface area contributed by atoms with Crippen LogP contribution in [0.25, 0.3) is 10.9 Å². The molecule has 2 aromatic carbocycles. The molecule has 0 fully saturated rings. The van der Waals surface area contributed by atoms with E-state index in [1.54, 1.807) is 41.0 Å². The number of aromatic nitrogens is 1. The van der Waals surface area contributed by atoms with E-state index in [9.17, 15) is 28.2 Å². The number of aliphatic hydroxyl groups is 1. The second kappa shape index (κ2) is 8.16. The molecule has 152 valence electrons. The zero-order valence-corrected chi connectivity index (χ0v) is 16.4. The fourth-order valence-electron chi connectivity index (χ4n) is 3.41. The molecule has 0 bridgehead atoms. The van der Waals surface area contributed by atoms with Gasteiger partial charge in [0.1, 0.15) is 5.56 Å². The number of hydrogen-bond donors (Lipinski definition) is 3. The molecule has 1 aromatic heterocycles. The van der Waals surface area contributed by atoms with Crippen molar-refractivity contribution in [1.29, 1.82) is 0 Å². The number of carbonyl (C=O) groups is 1. The molecule has 0 aliphatic carbocycles. The Labute approximate surface area is 167 Å². The lowest BCUT2D eigenvalue weighted by Crippen LogP contribution is -2.26. The highest BCUT2D eigenvalue weighted by molar-refractivity contribution is 7.89. The lowest BCUT2D eigenvalue weighted by molar-refractivity contribution is 0.0693. The van der Waals surface area contributed by atoms with Crippen LogP contribution in [0.3, 0.4) is 0 Å². The van der Waals surface area contributed by atoms with Gasteiger partial charge in [0.25, 0.3) is 0 Å². The molecule has 0 saturated heterocycles. The Hall–Kier alpha value is -3.01. The van der Waals surface area contributed by atoms with Gasteiger partial charge in [-0.25, -0.2) is 17.9 Å². The predicted octanol–water partition coefficient (Wildman–Crippen LogP) is 1.19. The summed E-state index contributed by atoms with van der Waals surface area (Å²) in [6.45, 7) is -0.229. The van der Waals surface area contributed by atoms with Gasteiger partial charge >= 0.3 is 5.97 Å². The van der Waals surface area contributed by atoms with Gasteiger partial charge in [-0.15, -0.1) is 0 Å². The van der Waals surface area contributed by atoms with Gasteiger partial charge < -0.3 is 14.8 Å². The Balaban J connectivity index is 2.36. The van der Waals surface area contributed by atoms with Gasteiger partial charge in [-0.1, -0.05) is 30.3 Å². The molecule has 3 rings (SSSR count). The molecule has 1 heterocycles. The third-order valence-electron chi connectivity index (χ3n) is 4.71. The van der Waals surface area contributed by atoms with Crippen molar-refractivity contribution in [2.24, 2.45) is 0 Å². The van der Waals surface area contributed by atoms with Crippen molar-refractivity contribution in [3.8, 4) is 0 Å². The van der Waals surface area contributed by atoms with E-state index in [1.807, 2.05) is 0 Å². The van der Waals surface area contributed by atoms with Crippen LogP contribution in [0.5, 0.6) is 0 Å². The standard InChI is InChI=1S/C20H20N2O6S/c1-21-29(27,28)17-9-5-2-6-13(17)12-16-18(20(25)26)19(24)14-7-3-4-8-15(14)22(16)10-11-23/h2-9,21,23H,10-12H2,1H3,(H,25,26). The number of carboxylic acid groups (broad SMARTS) is 1. The van der Waals surface area contributed by atoms with Gasteiger partial charge in [0.2, 0.25) is 15.5 Å². The SMILES string of the molecule is CNS(=O)(=O)c1ccccc1Cc1c(C(=O)O)c(=O)c2ccccc2n1CCO. The molecule has 0 amide bonds. The highest BCUT2D eigenvalue weighted by atomic mass is 32.2. The molecular weight excluding hydrogens is 396 g/mol. The zero-order valence-electron chi connectivity index (χ0n) is 15.6. The lowest BCUT2D eigenvalue weighted by Gasteiger charge is -2.19. The van der Waals surface area contributed by atoms with Crippen LogP contribution in [0.2, 0.25) is 0 Å². The molecule has 3 N–H and O–H groups in total. The molecule has 0 saturated carbocycles. The Morgan fingerprint density at radius 3 is 2.41 bits per heavy atom. The highest BCUT2D eigenvalue weighted by Gasteiger charge is 2.24. The van der Waals surface area contributed by atoms with Crippen molar-refractivity contribution in [2.75, 3.05) is 13.7 Å². The molecule has 9 heteroatoms. The summed E-state index contributed by atoms with van der Waals surface area (Å²) in [5, 5.41) is 19.5. The van der Waals surface area contributed by atoms with E-state index in [2.05, 4.69) is 4.72 Å². The molecule has 0 spiro atoms. The predicted molar refractivity (Wildman–Crippen MR) is 108 cm³/mol. The van der Waals surface area contributed by atoms with Crippen molar-refractivity contribution in [1.82, 2.24) is 9.29 Å². The maximum absolute atomic E-state index is 12.9. The average molecular weight is 416 g/mol. The Bertz CT molecular complexity index is 1250. The second-order valence-electron chi connectivity index (χ2n) is 6.34. The van der Waals surface area contributed by atoms with Crippen LogP contribution in [-0.2, 0) is 23.0 Å². The fourth-order valence-corrected chi connectivity index (χ4v) is 4.37. The van der Waals surface area contributed by atoms with E-state index in [1.165, 1.54) is 19.2 Å². The number of fused-ring (bicyclic) bond motifs is 1. The van der Waals surface area contributed by atoms with Crippen molar-refractivity contribution in [3.63, 3.8) is 0 Å². The van der Waals surface area contributed by atoms with Crippen LogP contribution < -0.4 is 10.2 Å². The molecule has 8 nitrogen and oxygen atoms in total. The van der Waals surface area contributed by atoms with E-state index in [0.29, 0.717) is 11.1 Å². The quantitative estimate of drug-likeness (QED) is 0.531. The first kappa shape index (κ1) is 20.7. The summed E-state index contributed by atoms with van der Waals surface area (Å²) >= 11 is 0. The van der Waals surface area contributed by atoms with E-state index >= 15 is 0 Å². The van der Waals surface area contributed by atoms with Gasteiger partial charge in [-0.2, -0.15) is 0 Å². The summed E-state index contributed by atoms with van der Waals surface area (Å²) in [5.74, 6) is -1.41. The van der Waals surface area contributed by atoms with E-state index in [0.717, 1.165) is 0 Å². The minimum atomic E-state index is -3.79. The summed E-state index contributed by atoms with van der Waals surface area (Å²) < 4.78 is 28.6. The number of sulfonamides is 1. The third kappa shape index (κ3) is 3.80. The number of hydrogen-bond acceptors (Lipinski definition) is 5. The minimum absolute atomic E-state index is 0.00463. The Kier molecular flexibility index (Phi) is 5.83. The van der Waals surface area contributed by atoms with Crippen LogP contribution in [0.4, 0.5) is 0 Å². The Morgan fingerprint density at radius 1 is 1.10 bits per heavy atom. The second-order valence-corrected chi connectivity index (χ2v) is 8.20. The number of rotatable bonds is 7. The van der Waals surface area contributed by atoms with Crippen LogP contribution in [-0.4, -0.2) is 42.8 Å². The highest BCUT2D eigenvalue weighted by Crippen LogP contribution is 2.23. The molecule has 0 unspecified atom stereocenters. The third-order valence-corrected chi connectivity index (χ3v) is 6.22. The Morgan fingerprint density at radius 2 is 1.76 bits per heavy atom. The molecule has 0 aliphatic rings. The van der Waals surface area contributed by atoms with Crippen molar-refractivity contribution < 1.29 is 23.4 Å². The number of aromatic carboxylic acids is 1. The van der Waals surface area contributed by atoms with Crippen LogP contribution in [0, 0.1) is 0 Å². The molecule has 0 aliphatic heterocycles. The number of nitrogens with zero attached hydrogens (tertiary/aromatic N) is 1. The number of carboxylic acids is 1. The van der Waals surface area contributed by atoms with Gasteiger partial charge in [0.05, 0.1) is 17.0 Å². The maximum atomic E-state index is 12.9. The monoisotopic (exact) mass is 416 g/mol. The first-order valence-electron chi connectivity index (χ1n) is 8.81. The molecule has 0 radical (unpaired) electrons. The first-order chi connectivity index (χ1) is 13.8. The summed E-state index contributed by atoms with van der Waals surface area (Å²) in [6, 6.07) is 12.7. The van der Waals surface area contributed by atoms with Gasteiger partial charge in [-0.3, -0.25) is 4.79 Å². The minimum Gasteiger partial charge on any atom is -0.477 e. The van der Waals surface area contributed by atoms with E-state index < -0.39 is 27.0 Å². The largest absolute Gasteiger partial charge is 0.477 e. The van der Waals surface area contributed by atoms with Gasteiger partial charge in [0, 0.05) is 24.0 Å². The van der Waals surface area contributed by atoms with Gasteiger partial charge in [0.15, 0.2) is 0 Å². The molecule has 29 heavy (non-hydrogen) atoms. The summed E-state index contributed by atoms with van der Waals surface area (Å²) in [7, 11) is -2.51. The van der Waals surface area contributed by atoms with Crippen molar-refractivity contribution >= 4 is 26.9 Å². The number of pyridine rings is 1. The maximum Gasteiger partial charge on any atom is 0.341 e. The lowest BCUT2D eigenvalue weighted by atomic mass is 10.0. The van der Waals surface area contributed by atoms with Crippen molar-refractivity contribution in [2.45, 2.75) is 17.9 Å². The zero-order chi connectivity index (χ0) is 21.2. The molecule has 0 atom stereocenters. The normalized spacial score (nSPS) is 11.7. The number of benzene rings is 2. The summed E-state index contributed by atoms with van der Waals surface area (Å²) in [4.78, 5) is 24.8. The van der Waals surface area contributed by atoms with Crippen LogP contribution >= 0.6 is 0 Å². The molecule has 3 aromatic rings. The summed E-state index contributed by atoms with van der Waals surface area (Å²) in [5.41, 5.74) is -0.139. The van der Waals surface area contributed by atoms with Crippen LogP contribution in [0.1, 0.15) is 21.6 Å².